The summed E-state index contributed by atoms with van der Waals surface area (Å²) in [7, 11) is 0. The van der Waals surface area contributed by atoms with Crippen molar-refractivity contribution >= 4 is 0 Å². The van der Waals surface area contributed by atoms with Crippen LogP contribution < -0.4 is 10.1 Å². The lowest BCUT2D eigenvalue weighted by atomic mass is 10.2. The lowest BCUT2D eigenvalue weighted by Crippen LogP contribution is -2.17. The zero-order chi connectivity index (χ0) is 14.0. The molecule has 1 aromatic heterocycles. The van der Waals surface area contributed by atoms with Crippen LogP contribution in [0.15, 0.2) is 36.7 Å². The highest BCUT2D eigenvalue weighted by molar-refractivity contribution is 5.27. The van der Waals surface area contributed by atoms with E-state index in [1.165, 1.54) is 5.56 Å². The molecule has 4 heteroatoms. The van der Waals surface area contributed by atoms with Crippen LogP contribution in [0.4, 0.5) is 0 Å². The molecule has 0 spiro atoms. The Bertz CT molecular complexity index is 465. The van der Waals surface area contributed by atoms with Gasteiger partial charge >= 0.3 is 0 Å². The zero-order valence-electron chi connectivity index (χ0n) is 12.1. The van der Waals surface area contributed by atoms with Gasteiger partial charge in [0.05, 0.1) is 6.61 Å². The highest BCUT2D eigenvalue weighted by Gasteiger charge is 1.97. The molecule has 2 rings (SSSR count). The first-order valence-corrected chi connectivity index (χ1v) is 7.29. The maximum Gasteiger partial charge on any atom is 0.119 e. The summed E-state index contributed by atoms with van der Waals surface area (Å²) in [4.78, 5) is 7.30. The predicted octanol–water partition coefficient (Wildman–Crippen LogP) is 2.92. The summed E-state index contributed by atoms with van der Waals surface area (Å²) in [6.45, 7) is 4.76. The van der Waals surface area contributed by atoms with Crippen molar-refractivity contribution < 1.29 is 4.74 Å². The molecule has 0 saturated heterocycles. The number of aromatic nitrogens is 2. The summed E-state index contributed by atoms with van der Waals surface area (Å²) in [5.74, 6) is 1.98. The van der Waals surface area contributed by atoms with Crippen molar-refractivity contribution in [2.24, 2.45) is 0 Å². The molecule has 0 fully saturated rings. The first kappa shape index (κ1) is 14.6. The van der Waals surface area contributed by atoms with Crippen LogP contribution >= 0.6 is 0 Å². The number of unbranched alkanes of at least 4 members (excludes halogenated alkanes) is 1. The fourth-order valence-electron chi connectivity index (χ4n) is 1.91. The van der Waals surface area contributed by atoms with E-state index in [1.807, 2.05) is 18.3 Å². The summed E-state index contributed by atoms with van der Waals surface area (Å²) < 4.78 is 5.64. The van der Waals surface area contributed by atoms with E-state index in [9.17, 15) is 0 Å². The van der Waals surface area contributed by atoms with E-state index in [2.05, 4.69) is 34.3 Å². The minimum Gasteiger partial charge on any atom is -0.494 e. The third kappa shape index (κ3) is 5.05. The number of nitrogens with zero attached hydrogens (tertiary/aromatic N) is 1. The SMILES string of the molecule is CCCCOc1ccc(CNCCc2ncc[nH]2)cc1. The molecule has 0 unspecified atom stereocenters. The smallest absolute Gasteiger partial charge is 0.119 e. The number of ether oxygens (including phenoxy) is 1. The number of aromatic amines is 1. The van der Waals surface area contributed by atoms with Gasteiger partial charge in [-0.05, 0) is 24.1 Å². The van der Waals surface area contributed by atoms with E-state index in [4.69, 9.17) is 4.74 Å². The molecule has 1 aromatic carbocycles. The molecule has 0 aliphatic carbocycles. The molecule has 0 atom stereocenters. The Balaban J connectivity index is 1.65. The maximum absolute atomic E-state index is 5.64. The van der Waals surface area contributed by atoms with Crippen LogP contribution in [0.5, 0.6) is 5.75 Å². The molecule has 4 nitrogen and oxygen atoms in total. The molecule has 2 aromatic rings. The second-order valence-corrected chi connectivity index (χ2v) is 4.81. The number of nitrogens with one attached hydrogen (secondary N) is 2. The van der Waals surface area contributed by atoms with Crippen LogP contribution in [0.2, 0.25) is 0 Å². The van der Waals surface area contributed by atoms with Crippen LogP contribution in [0.1, 0.15) is 31.2 Å². The van der Waals surface area contributed by atoms with E-state index in [1.54, 1.807) is 6.20 Å². The Kier molecular flexibility index (Phi) is 6.11. The van der Waals surface area contributed by atoms with Crippen molar-refractivity contribution in [1.29, 1.82) is 0 Å². The summed E-state index contributed by atoms with van der Waals surface area (Å²) in [5, 5.41) is 3.41. The summed E-state index contributed by atoms with van der Waals surface area (Å²) in [6, 6.07) is 8.31. The Hall–Kier alpha value is -1.81. The zero-order valence-corrected chi connectivity index (χ0v) is 12.1. The number of benzene rings is 1. The van der Waals surface area contributed by atoms with Crippen molar-refractivity contribution in [3.05, 3.63) is 48.0 Å². The van der Waals surface area contributed by atoms with E-state index in [-0.39, 0.29) is 0 Å². The Morgan fingerprint density at radius 3 is 2.80 bits per heavy atom. The highest BCUT2D eigenvalue weighted by Crippen LogP contribution is 2.12. The average molecular weight is 273 g/mol. The van der Waals surface area contributed by atoms with Crippen molar-refractivity contribution in [1.82, 2.24) is 15.3 Å². The molecule has 108 valence electrons. The van der Waals surface area contributed by atoms with Gasteiger partial charge in [0.1, 0.15) is 11.6 Å². The van der Waals surface area contributed by atoms with Gasteiger partial charge in [0.15, 0.2) is 0 Å². The molecule has 0 saturated carbocycles. The minimum absolute atomic E-state index is 0.803. The average Bonchev–Trinajstić information content (AvgIpc) is 2.99. The third-order valence-electron chi connectivity index (χ3n) is 3.11. The van der Waals surface area contributed by atoms with Crippen LogP contribution in [-0.4, -0.2) is 23.1 Å². The first-order valence-electron chi connectivity index (χ1n) is 7.29. The molecular weight excluding hydrogens is 250 g/mol. The highest BCUT2D eigenvalue weighted by atomic mass is 16.5. The van der Waals surface area contributed by atoms with Gasteiger partial charge in [-0.1, -0.05) is 25.5 Å². The normalized spacial score (nSPS) is 10.7. The van der Waals surface area contributed by atoms with Gasteiger partial charge in [0.2, 0.25) is 0 Å². The largest absolute Gasteiger partial charge is 0.494 e. The quantitative estimate of drug-likeness (QED) is 0.691. The van der Waals surface area contributed by atoms with Crippen LogP contribution in [0, 0.1) is 0 Å². The van der Waals surface area contributed by atoms with Crippen molar-refractivity contribution in [3.8, 4) is 5.75 Å². The lowest BCUT2D eigenvalue weighted by molar-refractivity contribution is 0.309. The van der Waals surface area contributed by atoms with Gasteiger partial charge in [-0.3, -0.25) is 0 Å². The third-order valence-corrected chi connectivity index (χ3v) is 3.11. The molecule has 2 N–H and O–H groups in total. The molecule has 0 aliphatic rings. The fourth-order valence-corrected chi connectivity index (χ4v) is 1.91. The molecule has 0 aliphatic heterocycles. The van der Waals surface area contributed by atoms with Crippen LogP contribution in [0.25, 0.3) is 0 Å². The van der Waals surface area contributed by atoms with E-state index >= 15 is 0 Å². The number of hydrogen-bond donors (Lipinski definition) is 2. The van der Waals surface area contributed by atoms with Gasteiger partial charge in [-0.25, -0.2) is 4.98 Å². The van der Waals surface area contributed by atoms with Crippen LogP contribution in [-0.2, 0) is 13.0 Å². The summed E-state index contributed by atoms with van der Waals surface area (Å²) >= 11 is 0. The number of rotatable bonds is 9. The topological polar surface area (TPSA) is 49.9 Å². The van der Waals surface area contributed by atoms with Gasteiger partial charge < -0.3 is 15.0 Å². The van der Waals surface area contributed by atoms with Crippen molar-refractivity contribution in [2.75, 3.05) is 13.2 Å². The lowest BCUT2D eigenvalue weighted by Gasteiger charge is -2.07. The second-order valence-electron chi connectivity index (χ2n) is 4.81. The van der Waals surface area contributed by atoms with E-state index in [0.717, 1.165) is 50.5 Å². The Morgan fingerprint density at radius 1 is 1.25 bits per heavy atom. The minimum atomic E-state index is 0.803. The van der Waals surface area contributed by atoms with E-state index in [0.29, 0.717) is 0 Å². The maximum atomic E-state index is 5.64. The summed E-state index contributed by atoms with van der Waals surface area (Å²) in [5.41, 5.74) is 1.27. The predicted molar refractivity (Wildman–Crippen MR) is 80.8 cm³/mol. The molecule has 0 radical (unpaired) electrons. The van der Waals surface area contributed by atoms with Gasteiger partial charge in [-0.15, -0.1) is 0 Å². The standard InChI is InChI=1S/C16H23N3O/c1-2-3-12-20-15-6-4-14(5-7-15)13-17-9-8-16-18-10-11-19-16/h4-7,10-11,17H,2-3,8-9,12-13H2,1H3,(H,18,19). The Labute approximate surface area is 120 Å². The summed E-state index contributed by atoms with van der Waals surface area (Å²) in [6.07, 6.45) is 6.83. The number of imidazole rings is 1. The molecule has 0 amide bonds. The van der Waals surface area contributed by atoms with Gasteiger partial charge in [0, 0.05) is 31.9 Å². The second kappa shape index (κ2) is 8.38. The van der Waals surface area contributed by atoms with Crippen molar-refractivity contribution in [2.45, 2.75) is 32.7 Å². The fraction of sp³-hybridized carbons (Fsp3) is 0.438. The monoisotopic (exact) mass is 273 g/mol. The van der Waals surface area contributed by atoms with E-state index < -0.39 is 0 Å². The van der Waals surface area contributed by atoms with Gasteiger partial charge in [-0.2, -0.15) is 0 Å². The number of hydrogen-bond acceptors (Lipinski definition) is 3. The van der Waals surface area contributed by atoms with Gasteiger partial charge in [0.25, 0.3) is 0 Å². The van der Waals surface area contributed by atoms with Crippen LogP contribution in [0.3, 0.4) is 0 Å². The first-order chi connectivity index (χ1) is 9.88. The molecule has 1 heterocycles. The number of H-pyrrole nitrogens is 1. The molecule has 20 heavy (non-hydrogen) atoms. The molecular formula is C16H23N3O. The van der Waals surface area contributed by atoms with Crippen molar-refractivity contribution in [3.63, 3.8) is 0 Å². The molecule has 0 bridgehead atoms. The Morgan fingerprint density at radius 2 is 2.10 bits per heavy atom.